The second-order valence-corrected chi connectivity index (χ2v) is 10.2. The first-order valence-electron chi connectivity index (χ1n) is 14.1. The van der Waals surface area contributed by atoms with Gasteiger partial charge < -0.3 is 10.6 Å². The van der Waals surface area contributed by atoms with Crippen molar-refractivity contribution in [1.29, 1.82) is 0 Å². The predicted molar refractivity (Wildman–Crippen MR) is 162 cm³/mol. The normalized spacial score (nSPS) is 11.6. The van der Waals surface area contributed by atoms with Crippen molar-refractivity contribution in [2.45, 2.75) is 65.2 Å². The van der Waals surface area contributed by atoms with Crippen molar-refractivity contribution < 1.29 is 0 Å². The van der Waals surface area contributed by atoms with Crippen LogP contribution in [0.5, 0.6) is 0 Å². The lowest BCUT2D eigenvalue weighted by Gasteiger charge is -2.13. The van der Waals surface area contributed by atoms with Crippen molar-refractivity contribution in [2.75, 3.05) is 23.7 Å². The number of hydrogen-bond acceptors (Lipinski definition) is 2. The fourth-order valence-corrected chi connectivity index (χ4v) is 5.49. The van der Waals surface area contributed by atoms with Gasteiger partial charge in [0.15, 0.2) is 0 Å². The molecule has 0 fully saturated rings. The molecule has 186 valence electrons. The average molecular weight is 477 g/mol. The van der Waals surface area contributed by atoms with E-state index in [9.17, 15) is 0 Å². The summed E-state index contributed by atoms with van der Waals surface area (Å²) in [5, 5.41) is 17.8. The lowest BCUT2D eigenvalue weighted by atomic mass is 9.94. The fourth-order valence-electron chi connectivity index (χ4n) is 5.49. The van der Waals surface area contributed by atoms with Gasteiger partial charge in [0, 0.05) is 24.5 Å². The van der Waals surface area contributed by atoms with Crippen molar-refractivity contribution in [3.8, 4) is 0 Å². The van der Waals surface area contributed by atoms with Crippen LogP contribution in [0.3, 0.4) is 0 Å². The standard InChI is InChI=1S/C34H40N2/c1-3-5-7-9-21-35-27-13-17-29-25(23-27)11-15-33-31(29)19-20-32-30-18-14-28(36-22-10-8-6-4-2)24-26(30)12-16-34(32)33/h11-20,23-24,35-36H,3-10,21-22H2,1-2H3. The highest BCUT2D eigenvalue weighted by atomic mass is 14.9. The average Bonchev–Trinajstić information content (AvgIpc) is 2.92. The molecule has 0 spiro atoms. The minimum atomic E-state index is 1.05. The van der Waals surface area contributed by atoms with Gasteiger partial charge in [-0.2, -0.15) is 0 Å². The van der Waals surface area contributed by atoms with Crippen LogP contribution in [0.4, 0.5) is 11.4 Å². The summed E-state index contributed by atoms with van der Waals surface area (Å²) >= 11 is 0. The summed E-state index contributed by atoms with van der Waals surface area (Å²) in [7, 11) is 0. The molecule has 0 saturated heterocycles. The number of benzene rings is 5. The van der Waals surface area contributed by atoms with Gasteiger partial charge in [0.25, 0.3) is 0 Å². The van der Waals surface area contributed by atoms with E-state index in [1.54, 1.807) is 0 Å². The van der Waals surface area contributed by atoms with E-state index in [-0.39, 0.29) is 0 Å². The predicted octanol–water partition coefficient (Wildman–Crippen LogP) is 10.3. The Morgan fingerprint density at radius 3 is 1.25 bits per heavy atom. The van der Waals surface area contributed by atoms with Gasteiger partial charge in [0.05, 0.1) is 0 Å². The van der Waals surface area contributed by atoms with Gasteiger partial charge in [0.1, 0.15) is 0 Å². The van der Waals surface area contributed by atoms with E-state index in [0.717, 1.165) is 13.1 Å². The van der Waals surface area contributed by atoms with Crippen LogP contribution in [0.2, 0.25) is 0 Å². The Morgan fingerprint density at radius 1 is 0.417 bits per heavy atom. The Hall–Kier alpha value is -3.26. The number of anilines is 2. The van der Waals surface area contributed by atoms with Gasteiger partial charge in [-0.05, 0) is 80.2 Å². The highest BCUT2D eigenvalue weighted by molar-refractivity contribution is 6.22. The molecular weight excluding hydrogens is 436 g/mol. The van der Waals surface area contributed by atoms with Crippen LogP contribution in [0.15, 0.2) is 72.8 Å². The van der Waals surface area contributed by atoms with Crippen molar-refractivity contribution in [3.63, 3.8) is 0 Å². The maximum atomic E-state index is 3.61. The molecule has 2 N–H and O–H groups in total. The van der Waals surface area contributed by atoms with E-state index >= 15 is 0 Å². The second-order valence-electron chi connectivity index (χ2n) is 10.2. The number of fused-ring (bicyclic) bond motifs is 7. The summed E-state index contributed by atoms with van der Waals surface area (Å²) in [5.41, 5.74) is 2.44. The molecule has 0 bridgehead atoms. The first-order valence-corrected chi connectivity index (χ1v) is 14.1. The van der Waals surface area contributed by atoms with Crippen LogP contribution in [-0.4, -0.2) is 13.1 Å². The molecule has 0 aliphatic carbocycles. The summed E-state index contributed by atoms with van der Waals surface area (Å²) < 4.78 is 0. The number of hydrogen-bond donors (Lipinski definition) is 2. The lowest BCUT2D eigenvalue weighted by molar-refractivity contribution is 0.685. The molecular formula is C34H40N2. The van der Waals surface area contributed by atoms with Crippen LogP contribution < -0.4 is 10.6 Å². The summed E-state index contributed by atoms with van der Waals surface area (Å²) in [6, 6.07) is 27.5. The third kappa shape index (κ3) is 5.28. The van der Waals surface area contributed by atoms with Crippen LogP contribution in [0.25, 0.3) is 43.1 Å². The van der Waals surface area contributed by atoms with Crippen molar-refractivity contribution in [1.82, 2.24) is 0 Å². The van der Waals surface area contributed by atoms with Gasteiger partial charge >= 0.3 is 0 Å². The van der Waals surface area contributed by atoms with Crippen molar-refractivity contribution in [2.24, 2.45) is 0 Å². The number of rotatable bonds is 12. The monoisotopic (exact) mass is 476 g/mol. The lowest BCUT2D eigenvalue weighted by Crippen LogP contribution is -2.01. The zero-order chi connectivity index (χ0) is 24.7. The van der Waals surface area contributed by atoms with Crippen LogP contribution >= 0.6 is 0 Å². The first kappa shape index (κ1) is 24.4. The van der Waals surface area contributed by atoms with Crippen LogP contribution in [0, 0.1) is 0 Å². The topological polar surface area (TPSA) is 24.1 Å². The van der Waals surface area contributed by atoms with Gasteiger partial charge in [-0.25, -0.2) is 0 Å². The minimum Gasteiger partial charge on any atom is -0.385 e. The summed E-state index contributed by atoms with van der Waals surface area (Å²) in [4.78, 5) is 0. The minimum absolute atomic E-state index is 1.05. The molecule has 0 aromatic heterocycles. The van der Waals surface area contributed by atoms with E-state index in [1.807, 2.05) is 0 Å². The Labute approximate surface area is 216 Å². The summed E-state index contributed by atoms with van der Waals surface area (Å²) in [6.45, 7) is 6.62. The van der Waals surface area contributed by atoms with E-state index < -0.39 is 0 Å². The number of unbranched alkanes of at least 4 members (excludes halogenated alkanes) is 6. The Morgan fingerprint density at radius 2 is 0.806 bits per heavy atom. The number of nitrogens with one attached hydrogen (secondary N) is 2. The highest BCUT2D eigenvalue weighted by Gasteiger charge is 2.08. The molecule has 0 heterocycles. The first-order chi connectivity index (χ1) is 17.8. The summed E-state index contributed by atoms with van der Waals surface area (Å²) in [5.74, 6) is 0. The van der Waals surface area contributed by atoms with E-state index in [4.69, 9.17) is 0 Å². The molecule has 2 heteroatoms. The Bertz CT molecular complexity index is 1350. The van der Waals surface area contributed by atoms with Crippen LogP contribution in [0.1, 0.15) is 65.2 Å². The van der Waals surface area contributed by atoms with E-state index in [0.29, 0.717) is 0 Å². The van der Waals surface area contributed by atoms with E-state index in [1.165, 1.54) is 106 Å². The van der Waals surface area contributed by atoms with Gasteiger partial charge in [-0.1, -0.05) is 101 Å². The van der Waals surface area contributed by atoms with E-state index in [2.05, 4.69) is 97.3 Å². The molecule has 5 aromatic carbocycles. The third-order valence-corrected chi connectivity index (χ3v) is 7.55. The molecule has 0 unspecified atom stereocenters. The molecule has 0 aliphatic heterocycles. The van der Waals surface area contributed by atoms with Gasteiger partial charge in [-0.15, -0.1) is 0 Å². The molecule has 0 aliphatic rings. The molecule has 0 saturated carbocycles. The molecule has 5 aromatic rings. The smallest absolute Gasteiger partial charge is 0.0346 e. The quantitative estimate of drug-likeness (QED) is 0.138. The van der Waals surface area contributed by atoms with Crippen molar-refractivity contribution in [3.05, 3.63) is 72.8 Å². The zero-order valence-corrected chi connectivity index (χ0v) is 22.0. The SMILES string of the molecule is CCCCCCNc1ccc2c(ccc3c2ccc2c4ccc(NCCCCCC)cc4ccc23)c1. The summed E-state index contributed by atoms with van der Waals surface area (Å²) in [6.07, 6.45) is 10.3. The molecule has 5 rings (SSSR count). The molecule has 0 atom stereocenters. The largest absolute Gasteiger partial charge is 0.385 e. The molecule has 0 radical (unpaired) electrons. The highest BCUT2D eigenvalue weighted by Crippen LogP contribution is 2.36. The molecule has 36 heavy (non-hydrogen) atoms. The fraction of sp³-hybridized carbons (Fsp3) is 0.353. The second kappa shape index (κ2) is 11.6. The Kier molecular flexibility index (Phi) is 7.91. The molecule has 2 nitrogen and oxygen atoms in total. The van der Waals surface area contributed by atoms with Gasteiger partial charge in [0.2, 0.25) is 0 Å². The van der Waals surface area contributed by atoms with Crippen LogP contribution in [-0.2, 0) is 0 Å². The molecule has 0 amide bonds. The van der Waals surface area contributed by atoms with Gasteiger partial charge in [-0.3, -0.25) is 0 Å². The maximum absolute atomic E-state index is 3.61. The maximum Gasteiger partial charge on any atom is 0.0346 e. The van der Waals surface area contributed by atoms with Crippen molar-refractivity contribution >= 4 is 54.5 Å². The Balaban J connectivity index is 1.41. The third-order valence-electron chi connectivity index (χ3n) is 7.55. The zero-order valence-electron chi connectivity index (χ0n) is 22.0.